The molecule has 1 saturated carbocycles. The minimum Gasteiger partial charge on any atom is -0.456 e. The molecule has 10 aromatic rings. The highest BCUT2D eigenvalue weighted by molar-refractivity contribution is 6.06. The lowest BCUT2D eigenvalue weighted by Crippen LogP contribution is -2.28. The van der Waals surface area contributed by atoms with Crippen molar-refractivity contribution < 1.29 is 4.42 Å². The lowest BCUT2D eigenvalue weighted by Gasteiger charge is -2.36. The summed E-state index contributed by atoms with van der Waals surface area (Å²) in [5.41, 5.74) is 17.5. The molecular formula is C58H40N4O. The van der Waals surface area contributed by atoms with Gasteiger partial charge in [0, 0.05) is 32.9 Å². The first-order chi connectivity index (χ1) is 31.1. The van der Waals surface area contributed by atoms with Crippen molar-refractivity contribution in [3.05, 3.63) is 199 Å². The normalized spacial score (nSPS) is 13.8. The van der Waals surface area contributed by atoms with Crippen LogP contribution in [0.5, 0.6) is 0 Å². The van der Waals surface area contributed by atoms with Gasteiger partial charge in [0.1, 0.15) is 11.2 Å². The highest BCUT2D eigenvalue weighted by Crippen LogP contribution is 2.56. The van der Waals surface area contributed by atoms with E-state index in [1.807, 2.05) is 42.5 Å². The summed E-state index contributed by atoms with van der Waals surface area (Å²) in [4.78, 5) is 15.2. The SMILES string of the molecule is N#Cc1ccc2c(c1)C1(CCCCC1)c1cc(-c3ccc(-c4ccc(-c5nc(-c6ccc(-c7ccccc7)cc6)nc(-c6ccc7oc8ccccc8c7c6)n5)cc4)cc3)ccc1-2. The monoisotopic (exact) mass is 808 g/mol. The molecule has 2 heterocycles. The number of nitriles is 1. The molecule has 5 nitrogen and oxygen atoms in total. The van der Waals surface area contributed by atoms with Crippen molar-refractivity contribution in [1.29, 1.82) is 5.26 Å². The van der Waals surface area contributed by atoms with Crippen LogP contribution in [0.15, 0.2) is 186 Å². The van der Waals surface area contributed by atoms with Crippen molar-refractivity contribution in [2.24, 2.45) is 0 Å². The molecule has 2 aliphatic rings. The molecule has 2 aromatic heterocycles. The van der Waals surface area contributed by atoms with Gasteiger partial charge in [0.05, 0.1) is 11.6 Å². The van der Waals surface area contributed by atoms with Gasteiger partial charge in [0.2, 0.25) is 0 Å². The zero-order chi connectivity index (χ0) is 41.9. The maximum Gasteiger partial charge on any atom is 0.164 e. The van der Waals surface area contributed by atoms with Gasteiger partial charge in [0.25, 0.3) is 0 Å². The van der Waals surface area contributed by atoms with Crippen molar-refractivity contribution >= 4 is 21.9 Å². The second kappa shape index (κ2) is 14.9. The molecule has 298 valence electrons. The van der Waals surface area contributed by atoms with Crippen LogP contribution in [-0.2, 0) is 5.41 Å². The van der Waals surface area contributed by atoms with Gasteiger partial charge in [-0.05, 0) is 111 Å². The number of aromatic nitrogens is 3. The van der Waals surface area contributed by atoms with Crippen LogP contribution >= 0.6 is 0 Å². The van der Waals surface area contributed by atoms with Crippen LogP contribution in [-0.4, -0.2) is 15.0 Å². The fourth-order valence-corrected chi connectivity index (χ4v) is 10.2. The van der Waals surface area contributed by atoms with E-state index >= 15 is 0 Å². The number of rotatable bonds is 6. The second-order valence-electron chi connectivity index (χ2n) is 17.0. The van der Waals surface area contributed by atoms with Gasteiger partial charge in [-0.1, -0.05) is 159 Å². The molecule has 0 amide bonds. The summed E-state index contributed by atoms with van der Waals surface area (Å²) in [6, 6.07) is 66.2. The molecule has 0 radical (unpaired) electrons. The molecule has 0 N–H and O–H groups in total. The smallest absolute Gasteiger partial charge is 0.164 e. The quantitative estimate of drug-likeness (QED) is 0.167. The Hall–Kier alpha value is -7.94. The summed E-state index contributed by atoms with van der Waals surface area (Å²) in [7, 11) is 0. The van der Waals surface area contributed by atoms with Crippen LogP contribution in [0.25, 0.3) is 101 Å². The predicted octanol–water partition coefficient (Wildman–Crippen LogP) is 14.9. The summed E-state index contributed by atoms with van der Waals surface area (Å²) < 4.78 is 6.15. The van der Waals surface area contributed by atoms with Crippen LogP contribution in [0.4, 0.5) is 0 Å². The number of nitrogens with zero attached hydrogens (tertiary/aromatic N) is 4. The summed E-state index contributed by atoms with van der Waals surface area (Å²) in [5.74, 6) is 1.83. The summed E-state index contributed by atoms with van der Waals surface area (Å²) in [6.45, 7) is 0. The summed E-state index contributed by atoms with van der Waals surface area (Å²) >= 11 is 0. The molecule has 2 aliphatic carbocycles. The van der Waals surface area contributed by atoms with Gasteiger partial charge in [-0.2, -0.15) is 5.26 Å². The van der Waals surface area contributed by atoms with Crippen LogP contribution in [0.1, 0.15) is 48.8 Å². The number of furan rings is 1. The van der Waals surface area contributed by atoms with Gasteiger partial charge in [0.15, 0.2) is 17.5 Å². The number of fused-ring (bicyclic) bond motifs is 8. The first-order valence-electron chi connectivity index (χ1n) is 21.8. The molecule has 5 heteroatoms. The molecule has 63 heavy (non-hydrogen) atoms. The minimum atomic E-state index is -0.0111. The highest BCUT2D eigenvalue weighted by atomic mass is 16.3. The number of hydrogen-bond donors (Lipinski definition) is 0. The fraction of sp³-hybridized carbons (Fsp3) is 0.103. The Morgan fingerprint density at radius 1 is 0.397 bits per heavy atom. The number of benzene rings is 8. The number of hydrogen-bond acceptors (Lipinski definition) is 5. The van der Waals surface area contributed by atoms with Gasteiger partial charge in [-0.15, -0.1) is 0 Å². The zero-order valence-corrected chi connectivity index (χ0v) is 34.6. The fourth-order valence-electron chi connectivity index (χ4n) is 10.2. The topological polar surface area (TPSA) is 75.6 Å². The molecular weight excluding hydrogens is 769 g/mol. The van der Waals surface area contributed by atoms with Crippen molar-refractivity contribution in [2.45, 2.75) is 37.5 Å². The van der Waals surface area contributed by atoms with Crippen LogP contribution in [0, 0.1) is 11.3 Å². The lowest BCUT2D eigenvalue weighted by molar-refractivity contribution is 0.353. The maximum atomic E-state index is 9.76. The zero-order valence-electron chi connectivity index (χ0n) is 34.6. The molecule has 0 aliphatic heterocycles. The molecule has 8 aromatic carbocycles. The molecule has 0 bridgehead atoms. The van der Waals surface area contributed by atoms with E-state index in [1.165, 1.54) is 52.6 Å². The first kappa shape index (κ1) is 36.9. The van der Waals surface area contributed by atoms with Gasteiger partial charge >= 0.3 is 0 Å². The molecule has 0 saturated heterocycles. The molecule has 1 spiro atoms. The maximum absolute atomic E-state index is 9.76. The Bertz CT molecular complexity index is 3410. The average Bonchev–Trinajstić information content (AvgIpc) is 3.86. The summed E-state index contributed by atoms with van der Waals surface area (Å²) in [6.07, 6.45) is 5.97. The minimum absolute atomic E-state index is 0.0111. The Labute approximate surface area is 366 Å². The predicted molar refractivity (Wildman–Crippen MR) is 254 cm³/mol. The number of para-hydroxylation sites is 1. The van der Waals surface area contributed by atoms with E-state index in [4.69, 9.17) is 19.4 Å². The molecule has 0 unspecified atom stereocenters. The Kier molecular flexibility index (Phi) is 8.72. The van der Waals surface area contributed by atoms with E-state index in [0.717, 1.165) is 79.3 Å². The molecule has 0 atom stereocenters. The highest BCUT2D eigenvalue weighted by Gasteiger charge is 2.44. The van der Waals surface area contributed by atoms with Crippen LogP contribution in [0.2, 0.25) is 0 Å². The second-order valence-corrected chi connectivity index (χ2v) is 17.0. The Morgan fingerprint density at radius 3 is 1.51 bits per heavy atom. The van der Waals surface area contributed by atoms with E-state index in [9.17, 15) is 5.26 Å². The van der Waals surface area contributed by atoms with Crippen molar-refractivity contribution in [3.63, 3.8) is 0 Å². The lowest BCUT2D eigenvalue weighted by atomic mass is 9.67. The van der Waals surface area contributed by atoms with Gasteiger partial charge < -0.3 is 4.42 Å². The molecule has 12 rings (SSSR count). The van der Waals surface area contributed by atoms with Crippen LogP contribution in [0.3, 0.4) is 0 Å². The standard InChI is InChI=1S/C58H40N4O/c59-36-37-13-28-47-48-29-26-45(35-52(48)58(51(47)33-37)31-7-2-8-32-58)42-16-14-40(15-17-42)41-20-24-44(25-21-41)56-60-55(43-22-18-39(19-23-43)38-9-3-1-4-10-38)61-57(62-56)46-27-30-54-50(34-46)49-11-5-6-12-53(49)63-54/h1,3-6,9-30,33-35H,2,7-8,31-32H2. The first-order valence-corrected chi connectivity index (χ1v) is 21.8. The largest absolute Gasteiger partial charge is 0.456 e. The van der Waals surface area contributed by atoms with E-state index in [2.05, 4.69) is 146 Å². The average molecular weight is 809 g/mol. The Morgan fingerprint density at radius 2 is 0.873 bits per heavy atom. The van der Waals surface area contributed by atoms with Crippen molar-refractivity contribution in [1.82, 2.24) is 15.0 Å². The van der Waals surface area contributed by atoms with E-state index in [0.29, 0.717) is 17.5 Å². The van der Waals surface area contributed by atoms with E-state index in [1.54, 1.807) is 0 Å². The van der Waals surface area contributed by atoms with Crippen LogP contribution < -0.4 is 0 Å². The van der Waals surface area contributed by atoms with E-state index < -0.39 is 0 Å². The summed E-state index contributed by atoms with van der Waals surface area (Å²) in [5, 5.41) is 11.8. The third-order valence-electron chi connectivity index (χ3n) is 13.4. The van der Waals surface area contributed by atoms with Gasteiger partial charge in [-0.25, -0.2) is 15.0 Å². The third kappa shape index (κ3) is 6.34. The Balaban J connectivity index is 0.871. The van der Waals surface area contributed by atoms with Crippen molar-refractivity contribution in [3.8, 4) is 84.7 Å². The molecule has 1 fully saturated rings. The van der Waals surface area contributed by atoms with E-state index in [-0.39, 0.29) is 5.41 Å². The van der Waals surface area contributed by atoms with Crippen molar-refractivity contribution in [2.75, 3.05) is 0 Å². The third-order valence-corrected chi connectivity index (χ3v) is 13.4. The van der Waals surface area contributed by atoms with Gasteiger partial charge in [-0.3, -0.25) is 0 Å².